The van der Waals surface area contributed by atoms with Gasteiger partial charge in [-0.1, -0.05) is 24.3 Å². The van der Waals surface area contributed by atoms with E-state index in [0.29, 0.717) is 17.1 Å². The van der Waals surface area contributed by atoms with Crippen molar-refractivity contribution in [2.45, 2.75) is 51.3 Å². The molecule has 6 rings (SSSR count). The second kappa shape index (κ2) is 9.39. The van der Waals surface area contributed by atoms with E-state index in [1.807, 2.05) is 6.07 Å². The zero-order chi connectivity index (χ0) is 24.8. The average molecular weight is 491 g/mol. The smallest absolute Gasteiger partial charge is 0.162 e. The van der Waals surface area contributed by atoms with Gasteiger partial charge in [-0.05, 0) is 59.4 Å². The summed E-state index contributed by atoms with van der Waals surface area (Å²) in [5.74, 6) is 1.03. The van der Waals surface area contributed by atoms with Crippen LogP contribution in [-0.4, -0.2) is 41.4 Å². The number of ether oxygens (including phenoxy) is 3. The highest BCUT2D eigenvalue weighted by atomic mass is 19.1. The Morgan fingerprint density at radius 1 is 1.08 bits per heavy atom. The molecule has 2 aromatic carbocycles. The van der Waals surface area contributed by atoms with Crippen molar-refractivity contribution < 1.29 is 23.7 Å². The molecule has 0 radical (unpaired) electrons. The van der Waals surface area contributed by atoms with Crippen LogP contribution in [-0.2, 0) is 43.9 Å². The fourth-order valence-corrected chi connectivity index (χ4v) is 6.05. The predicted octanol–water partition coefficient (Wildman–Crippen LogP) is 4.40. The summed E-state index contributed by atoms with van der Waals surface area (Å²) >= 11 is 0. The molecule has 1 N–H and O–H groups in total. The van der Waals surface area contributed by atoms with Gasteiger partial charge in [0.2, 0.25) is 0 Å². The number of halogens is 1. The highest BCUT2D eigenvalue weighted by molar-refractivity contribution is 5.61. The van der Waals surface area contributed by atoms with Gasteiger partial charge in [-0.3, -0.25) is 4.90 Å². The van der Waals surface area contributed by atoms with Gasteiger partial charge in [-0.25, -0.2) is 4.39 Å². The van der Waals surface area contributed by atoms with Crippen LogP contribution in [0.4, 0.5) is 4.39 Å². The van der Waals surface area contributed by atoms with E-state index in [0.717, 1.165) is 38.0 Å². The first-order chi connectivity index (χ1) is 17.6. The molecular formula is C29H31FN2O4. The minimum atomic E-state index is -0.276. The number of aliphatic hydroxyl groups excluding tert-OH is 1. The molecule has 0 bridgehead atoms. The van der Waals surface area contributed by atoms with Crippen LogP contribution in [0.25, 0.3) is 6.08 Å². The summed E-state index contributed by atoms with van der Waals surface area (Å²) in [5.41, 5.74) is 7.91. The maximum atomic E-state index is 14.2. The predicted molar refractivity (Wildman–Crippen MR) is 134 cm³/mol. The number of rotatable bonds is 6. The monoisotopic (exact) mass is 490 g/mol. The van der Waals surface area contributed by atoms with E-state index >= 15 is 0 Å². The molecule has 36 heavy (non-hydrogen) atoms. The minimum absolute atomic E-state index is 0.0278. The Labute approximate surface area is 210 Å². The van der Waals surface area contributed by atoms with Crippen LogP contribution in [0.2, 0.25) is 0 Å². The standard InChI is InChI=1S/C29H31FN2O4/c1-34-20-7-8-25-22(12-20)23-13-26-21-14-29(36-16-19-5-3-4-6-24(19)30)28(35-2)11-18(21)9-10-31(26)15-27(23)32(25)17-33/h3-8,11,14,20,26,33H,9-10,12-13,15-17H2,1-2H3. The number of methoxy groups -OCH3 is 2. The van der Waals surface area contributed by atoms with E-state index in [9.17, 15) is 9.50 Å². The largest absolute Gasteiger partial charge is 0.493 e. The molecule has 3 aliphatic rings. The van der Waals surface area contributed by atoms with Gasteiger partial charge in [0.1, 0.15) is 19.2 Å². The van der Waals surface area contributed by atoms with Crippen molar-refractivity contribution >= 4 is 6.08 Å². The van der Waals surface area contributed by atoms with E-state index in [-0.39, 0.29) is 31.3 Å². The van der Waals surface area contributed by atoms with Crippen LogP contribution >= 0.6 is 0 Å². The molecule has 7 heteroatoms. The number of hydrogen-bond donors (Lipinski definition) is 1. The number of benzene rings is 2. The third kappa shape index (κ3) is 3.82. The molecule has 0 amide bonds. The first-order valence-electron chi connectivity index (χ1n) is 12.5. The summed E-state index contributed by atoms with van der Waals surface area (Å²) in [5, 5.41) is 10.2. The zero-order valence-corrected chi connectivity index (χ0v) is 20.7. The fourth-order valence-electron chi connectivity index (χ4n) is 6.05. The summed E-state index contributed by atoms with van der Waals surface area (Å²) in [6.45, 7) is 1.83. The Morgan fingerprint density at radius 2 is 1.94 bits per heavy atom. The second-order valence-corrected chi connectivity index (χ2v) is 9.72. The summed E-state index contributed by atoms with van der Waals surface area (Å²) in [7, 11) is 3.38. The Hall–Kier alpha value is -3.13. The van der Waals surface area contributed by atoms with Crippen LogP contribution in [0.1, 0.15) is 45.2 Å². The fraction of sp³-hybridized carbons (Fsp3) is 0.379. The third-order valence-electron chi connectivity index (χ3n) is 7.94. The maximum Gasteiger partial charge on any atom is 0.162 e. The molecule has 0 saturated heterocycles. The summed E-state index contributed by atoms with van der Waals surface area (Å²) in [6, 6.07) is 11.0. The number of aliphatic hydroxyl groups is 1. The molecular weight excluding hydrogens is 459 g/mol. The molecule has 1 aliphatic carbocycles. The van der Waals surface area contributed by atoms with Crippen molar-refractivity contribution in [1.82, 2.24) is 9.47 Å². The number of aromatic nitrogens is 1. The molecule has 2 unspecified atom stereocenters. The lowest BCUT2D eigenvalue weighted by Crippen LogP contribution is -2.40. The molecule has 1 aromatic heterocycles. The zero-order valence-electron chi connectivity index (χ0n) is 20.7. The highest BCUT2D eigenvalue weighted by Crippen LogP contribution is 2.45. The Kier molecular flexibility index (Phi) is 6.07. The first-order valence-corrected chi connectivity index (χ1v) is 12.5. The van der Waals surface area contributed by atoms with Gasteiger partial charge in [0.25, 0.3) is 0 Å². The van der Waals surface area contributed by atoms with E-state index in [1.165, 1.54) is 34.0 Å². The van der Waals surface area contributed by atoms with Crippen molar-refractivity contribution in [3.05, 3.63) is 87.5 Å². The number of hydrogen-bond acceptors (Lipinski definition) is 5. The van der Waals surface area contributed by atoms with Gasteiger partial charge < -0.3 is 23.9 Å². The summed E-state index contributed by atoms with van der Waals surface area (Å²) in [6.07, 6.45) is 6.81. The third-order valence-corrected chi connectivity index (χ3v) is 7.94. The van der Waals surface area contributed by atoms with Crippen LogP contribution in [0.3, 0.4) is 0 Å². The van der Waals surface area contributed by atoms with Crippen molar-refractivity contribution in [3.63, 3.8) is 0 Å². The van der Waals surface area contributed by atoms with Crippen LogP contribution < -0.4 is 9.47 Å². The van der Waals surface area contributed by atoms with E-state index < -0.39 is 0 Å². The highest BCUT2D eigenvalue weighted by Gasteiger charge is 2.37. The van der Waals surface area contributed by atoms with Gasteiger partial charge in [-0.15, -0.1) is 0 Å². The van der Waals surface area contributed by atoms with Gasteiger partial charge in [0, 0.05) is 49.6 Å². The first kappa shape index (κ1) is 23.3. The lowest BCUT2D eigenvalue weighted by molar-refractivity contribution is 0.139. The van der Waals surface area contributed by atoms with Gasteiger partial charge in [-0.2, -0.15) is 0 Å². The molecule has 2 aliphatic heterocycles. The minimum Gasteiger partial charge on any atom is -0.493 e. The lowest BCUT2D eigenvalue weighted by atomic mass is 9.83. The SMILES string of the molecule is COc1cc2c(cc1OCc1ccccc1F)C1Cc3c4c(n(CO)c3CN1CC2)C=CC(OC)C4. The molecule has 3 heterocycles. The molecule has 6 nitrogen and oxygen atoms in total. The molecule has 0 spiro atoms. The second-order valence-electron chi connectivity index (χ2n) is 9.72. The molecule has 188 valence electrons. The lowest BCUT2D eigenvalue weighted by Gasteiger charge is -2.41. The van der Waals surface area contributed by atoms with Gasteiger partial charge in [0.05, 0.1) is 13.2 Å². The van der Waals surface area contributed by atoms with Gasteiger partial charge in [0.15, 0.2) is 11.5 Å². The maximum absolute atomic E-state index is 14.2. The van der Waals surface area contributed by atoms with Crippen molar-refractivity contribution in [2.24, 2.45) is 0 Å². The molecule has 0 saturated carbocycles. The van der Waals surface area contributed by atoms with Crippen molar-refractivity contribution in [1.29, 1.82) is 0 Å². The van der Waals surface area contributed by atoms with Crippen molar-refractivity contribution in [2.75, 3.05) is 20.8 Å². The number of fused-ring (bicyclic) bond motifs is 6. The summed E-state index contributed by atoms with van der Waals surface area (Å²) in [4.78, 5) is 2.49. The van der Waals surface area contributed by atoms with E-state index in [2.05, 4.69) is 33.8 Å². The summed E-state index contributed by atoms with van der Waals surface area (Å²) < 4.78 is 33.6. The van der Waals surface area contributed by atoms with Gasteiger partial charge >= 0.3 is 0 Å². The number of nitrogens with zero attached hydrogens (tertiary/aromatic N) is 2. The molecule has 0 fully saturated rings. The quantitative estimate of drug-likeness (QED) is 0.555. The van der Waals surface area contributed by atoms with Crippen molar-refractivity contribution in [3.8, 4) is 11.5 Å². The normalized spacial score (nSPS) is 20.3. The van der Waals surface area contributed by atoms with E-state index in [1.54, 1.807) is 26.4 Å². The van der Waals surface area contributed by atoms with E-state index in [4.69, 9.17) is 14.2 Å². The molecule has 3 aromatic rings. The molecule has 2 atom stereocenters. The van der Waals surface area contributed by atoms with Crippen LogP contribution in [0.15, 0.2) is 42.5 Å². The average Bonchev–Trinajstić information content (AvgIpc) is 3.22. The van der Waals surface area contributed by atoms with Crippen LogP contribution in [0, 0.1) is 5.82 Å². The Morgan fingerprint density at radius 3 is 2.72 bits per heavy atom. The van der Waals surface area contributed by atoms with Crippen LogP contribution in [0.5, 0.6) is 11.5 Å². The Balaban J connectivity index is 1.35. The topological polar surface area (TPSA) is 56.1 Å². The Bertz CT molecular complexity index is 1330.